The molecule has 0 radical (unpaired) electrons. The van der Waals surface area contributed by atoms with E-state index in [0.29, 0.717) is 65.2 Å². The smallest absolute Gasteiger partial charge is 0.262 e. The molecular formula is C41H42F2N10O6. The number of anilines is 2. The number of imide groups is 2. The van der Waals surface area contributed by atoms with E-state index in [1.54, 1.807) is 58.5 Å². The van der Waals surface area contributed by atoms with Gasteiger partial charge >= 0.3 is 0 Å². The fourth-order valence-corrected chi connectivity index (χ4v) is 8.60. The van der Waals surface area contributed by atoms with Crippen molar-refractivity contribution in [2.45, 2.75) is 70.1 Å². The Labute approximate surface area is 336 Å². The number of hydrogen-bond acceptors (Lipinski definition) is 11. The van der Waals surface area contributed by atoms with Crippen LogP contribution in [0.5, 0.6) is 5.75 Å². The highest BCUT2D eigenvalue weighted by Crippen LogP contribution is 2.37. The first-order valence-corrected chi connectivity index (χ1v) is 19.8. The van der Waals surface area contributed by atoms with Gasteiger partial charge in [-0.2, -0.15) is 10.2 Å². The van der Waals surface area contributed by atoms with Crippen molar-refractivity contribution in [1.82, 2.24) is 39.5 Å². The quantitative estimate of drug-likeness (QED) is 0.186. The molecule has 306 valence electrons. The van der Waals surface area contributed by atoms with Crippen molar-refractivity contribution >= 4 is 57.5 Å². The average molecular weight is 809 g/mol. The minimum Gasteiger partial charge on any atom is -0.489 e. The van der Waals surface area contributed by atoms with Crippen molar-refractivity contribution in [3.63, 3.8) is 0 Å². The summed E-state index contributed by atoms with van der Waals surface area (Å²) in [5, 5.41) is 14.6. The normalized spacial score (nSPS) is 20.3. The number of aromatic nitrogens is 5. The summed E-state index contributed by atoms with van der Waals surface area (Å²) in [4.78, 5) is 72.7. The van der Waals surface area contributed by atoms with Gasteiger partial charge in [0.25, 0.3) is 17.7 Å². The molecule has 9 rings (SSSR count). The Balaban J connectivity index is 0.786. The summed E-state index contributed by atoms with van der Waals surface area (Å²) in [7, 11) is 0. The van der Waals surface area contributed by atoms with Gasteiger partial charge in [-0.3, -0.25) is 43.8 Å². The first kappa shape index (κ1) is 38.2. The molecule has 5 aromatic rings. The summed E-state index contributed by atoms with van der Waals surface area (Å²) in [6.45, 7) is 5.27. The number of likely N-dealkylation sites (tertiary alicyclic amines) is 1. The molecule has 2 atom stereocenters. The molecule has 0 bridgehead atoms. The third kappa shape index (κ3) is 7.25. The third-order valence-corrected chi connectivity index (χ3v) is 11.5. The van der Waals surface area contributed by atoms with Crippen LogP contribution in [-0.4, -0.2) is 120 Å². The lowest BCUT2D eigenvalue weighted by molar-refractivity contribution is -0.136. The van der Waals surface area contributed by atoms with Crippen LogP contribution in [0.2, 0.25) is 0 Å². The average Bonchev–Trinajstić information content (AvgIpc) is 3.87. The summed E-state index contributed by atoms with van der Waals surface area (Å²) in [5.41, 5.74) is 1.16. The van der Waals surface area contributed by atoms with Crippen LogP contribution in [0.3, 0.4) is 0 Å². The maximum absolute atomic E-state index is 16.0. The van der Waals surface area contributed by atoms with E-state index in [1.807, 2.05) is 18.7 Å². The zero-order valence-corrected chi connectivity index (χ0v) is 32.4. The first-order chi connectivity index (χ1) is 28.3. The minimum atomic E-state index is -1.51. The van der Waals surface area contributed by atoms with Crippen molar-refractivity contribution in [2.24, 2.45) is 5.92 Å². The molecule has 0 saturated carbocycles. The third-order valence-electron chi connectivity index (χ3n) is 11.5. The minimum absolute atomic E-state index is 0.0309. The summed E-state index contributed by atoms with van der Waals surface area (Å²) < 4.78 is 41.0. The Morgan fingerprint density at radius 1 is 1.05 bits per heavy atom. The van der Waals surface area contributed by atoms with Gasteiger partial charge in [0, 0.05) is 48.7 Å². The lowest BCUT2D eigenvalue weighted by Crippen LogP contribution is -2.64. The van der Waals surface area contributed by atoms with Crippen LogP contribution in [-0.2, 0) is 16.1 Å². The van der Waals surface area contributed by atoms with Crippen molar-refractivity contribution in [3.8, 4) is 5.75 Å². The van der Waals surface area contributed by atoms with Crippen molar-refractivity contribution in [2.75, 3.05) is 42.9 Å². The Kier molecular flexibility index (Phi) is 9.60. The molecule has 0 aliphatic carbocycles. The van der Waals surface area contributed by atoms with E-state index in [4.69, 9.17) is 4.74 Å². The topological polar surface area (TPSA) is 176 Å². The molecule has 5 amide bonds. The number of benzene rings is 2. The van der Waals surface area contributed by atoms with Crippen LogP contribution < -0.4 is 20.3 Å². The number of rotatable bonds is 11. The molecule has 4 aliphatic heterocycles. The number of piperidine rings is 2. The summed E-state index contributed by atoms with van der Waals surface area (Å²) in [6.07, 6.45) is 6.35. The lowest BCUT2D eigenvalue weighted by Gasteiger charge is -2.48. The Morgan fingerprint density at radius 3 is 2.59 bits per heavy atom. The molecule has 7 heterocycles. The molecule has 18 heteroatoms. The molecule has 3 saturated heterocycles. The highest BCUT2D eigenvalue weighted by atomic mass is 19.1. The number of alkyl halides is 2. The number of carbonyl (C=O) groups excluding carboxylic acids is 5. The monoisotopic (exact) mass is 808 g/mol. The molecule has 2 aromatic carbocycles. The van der Waals surface area contributed by atoms with Gasteiger partial charge < -0.3 is 15.0 Å². The maximum atomic E-state index is 16.0. The first-order valence-electron chi connectivity index (χ1n) is 19.8. The predicted octanol–water partition coefficient (Wildman–Crippen LogP) is 3.80. The van der Waals surface area contributed by atoms with Gasteiger partial charge in [0.15, 0.2) is 11.3 Å². The predicted molar refractivity (Wildman–Crippen MR) is 210 cm³/mol. The van der Waals surface area contributed by atoms with E-state index in [0.717, 1.165) is 4.90 Å². The fraction of sp³-hybridized carbons (Fsp3) is 0.415. The number of ether oxygens (including phenoxy) is 1. The lowest BCUT2D eigenvalue weighted by atomic mass is 9.89. The largest absolute Gasteiger partial charge is 0.489 e. The number of nitrogens with zero attached hydrogens (tertiary/aromatic N) is 8. The number of hydrogen-bond donors (Lipinski definition) is 2. The standard InChI is InChI=1S/C41H42F2N10O6/c1-23(2)59-34-16-31-25(14-32(34)46-37(55)29-17-45-52-11-3-10-44-36(29)52)18-51(48-31)19-30(42)24-8-12-49(13-9-24)20-41(43)21-50(22-41)26-4-5-27-28(15-26)40(58)53(39(27)57)33-6-7-35(54)47-38(33)56/h3-5,10-11,14-18,23-24,30,33H,6-9,12-13,19-22H2,1-2H3,(H,46,55)(H,47,54,56)/t30-,33?/m1/s1. The van der Waals surface area contributed by atoms with E-state index >= 15 is 8.78 Å². The fourth-order valence-electron chi connectivity index (χ4n) is 8.60. The Morgan fingerprint density at radius 2 is 1.83 bits per heavy atom. The molecular weight excluding hydrogens is 767 g/mol. The van der Waals surface area contributed by atoms with Crippen LogP contribution in [0.15, 0.2) is 61.2 Å². The Hall–Kier alpha value is -6.30. The SMILES string of the molecule is CC(C)Oc1cc2nn(C[C@@H](F)C3CCN(CC4(F)CN(c5ccc6c(c5)C(=O)N(C5CCC(=O)NC5=O)C6=O)C4)CC3)cc2cc1NC(=O)c1cnn2cccnc12. The van der Waals surface area contributed by atoms with Gasteiger partial charge in [0.2, 0.25) is 11.8 Å². The number of carbonyl (C=O) groups is 5. The van der Waals surface area contributed by atoms with Gasteiger partial charge in [-0.1, -0.05) is 0 Å². The van der Waals surface area contributed by atoms with Gasteiger partial charge in [-0.25, -0.2) is 18.3 Å². The molecule has 0 spiro atoms. The van der Waals surface area contributed by atoms with E-state index in [1.165, 1.54) is 16.8 Å². The zero-order valence-electron chi connectivity index (χ0n) is 32.4. The van der Waals surface area contributed by atoms with Gasteiger partial charge in [-0.05, 0) is 82.4 Å². The molecule has 3 aromatic heterocycles. The Bertz CT molecular complexity index is 2520. The van der Waals surface area contributed by atoms with Crippen molar-refractivity contribution < 1.29 is 37.5 Å². The van der Waals surface area contributed by atoms with Gasteiger partial charge in [0.1, 0.15) is 23.5 Å². The van der Waals surface area contributed by atoms with E-state index < -0.39 is 47.4 Å². The molecule has 16 nitrogen and oxygen atoms in total. The zero-order chi connectivity index (χ0) is 41.2. The van der Waals surface area contributed by atoms with Crippen LogP contribution in [0.4, 0.5) is 20.2 Å². The van der Waals surface area contributed by atoms with Crippen LogP contribution in [0.1, 0.15) is 70.6 Å². The second kappa shape index (κ2) is 14.8. The van der Waals surface area contributed by atoms with Gasteiger partial charge in [0.05, 0.1) is 54.3 Å². The van der Waals surface area contributed by atoms with Crippen molar-refractivity contribution in [1.29, 1.82) is 0 Å². The van der Waals surface area contributed by atoms with Crippen LogP contribution in [0.25, 0.3) is 16.6 Å². The molecule has 4 aliphatic rings. The van der Waals surface area contributed by atoms with E-state index in [-0.39, 0.29) is 62.2 Å². The number of fused-ring (bicyclic) bond motifs is 3. The number of halogens is 2. The highest BCUT2D eigenvalue weighted by Gasteiger charge is 2.48. The second-order valence-electron chi connectivity index (χ2n) is 16.1. The highest BCUT2D eigenvalue weighted by molar-refractivity contribution is 6.23. The maximum Gasteiger partial charge on any atom is 0.262 e. The van der Waals surface area contributed by atoms with E-state index in [9.17, 15) is 24.0 Å². The second-order valence-corrected chi connectivity index (χ2v) is 16.1. The van der Waals surface area contributed by atoms with E-state index in [2.05, 4.69) is 25.8 Å². The molecule has 3 fully saturated rings. The number of nitrogens with one attached hydrogen (secondary N) is 2. The summed E-state index contributed by atoms with van der Waals surface area (Å²) in [5.74, 6) is -2.52. The number of amides is 5. The van der Waals surface area contributed by atoms with Crippen LogP contribution >= 0.6 is 0 Å². The summed E-state index contributed by atoms with van der Waals surface area (Å²) >= 11 is 0. The van der Waals surface area contributed by atoms with Crippen molar-refractivity contribution in [3.05, 3.63) is 77.9 Å². The molecule has 1 unspecified atom stereocenters. The molecule has 59 heavy (non-hydrogen) atoms. The summed E-state index contributed by atoms with van der Waals surface area (Å²) in [6, 6.07) is 8.92. The van der Waals surface area contributed by atoms with Crippen LogP contribution in [0, 0.1) is 5.92 Å². The molecule has 2 N–H and O–H groups in total. The van der Waals surface area contributed by atoms with Gasteiger partial charge in [-0.15, -0.1) is 0 Å².